The van der Waals surface area contributed by atoms with Crippen LogP contribution < -0.4 is 0 Å². The van der Waals surface area contributed by atoms with Crippen molar-refractivity contribution in [2.24, 2.45) is 11.8 Å². The van der Waals surface area contributed by atoms with E-state index >= 15 is 0 Å². The van der Waals surface area contributed by atoms with Crippen molar-refractivity contribution in [1.82, 2.24) is 14.6 Å². The summed E-state index contributed by atoms with van der Waals surface area (Å²) in [6.07, 6.45) is 9.58. The SMILES string of the molecule is O=C(OC(C1CCC1)C1CC1)c1cc2ncc(Br)cn2n1. The largest absolute Gasteiger partial charge is 0.457 e. The standard InChI is InChI=1S/C15H16BrN3O2/c16-11-7-17-13-6-12(18-19(13)8-11)15(20)21-14(10-4-5-10)9-2-1-3-9/h6-10,14H,1-5H2. The molecule has 0 aromatic carbocycles. The summed E-state index contributed by atoms with van der Waals surface area (Å²) in [5.74, 6) is 0.815. The zero-order valence-electron chi connectivity index (χ0n) is 11.5. The molecule has 2 aliphatic rings. The molecule has 2 saturated carbocycles. The Morgan fingerprint density at radius 3 is 2.76 bits per heavy atom. The third kappa shape index (κ3) is 2.57. The minimum absolute atomic E-state index is 0.0933. The predicted molar refractivity (Wildman–Crippen MR) is 80.0 cm³/mol. The smallest absolute Gasteiger partial charge is 0.359 e. The third-order valence-corrected chi connectivity index (χ3v) is 4.84. The van der Waals surface area contributed by atoms with E-state index in [0.717, 1.165) is 4.47 Å². The van der Waals surface area contributed by atoms with Crippen LogP contribution in [0.15, 0.2) is 22.9 Å². The minimum atomic E-state index is -0.319. The summed E-state index contributed by atoms with van der Waals surface area (Å²) in [5.41, 5.74) is 0.988. The van der Waals surface area contributed by atoms with E-state index in [-0.39, 0.29) is 12.1 Å². The van der Waals surface area contributed by atoms with Crippen molar-refractivity contribution < 1.29 is 9.53 Å². The zero-order valence-corrected chi connectivity index (χ0v) is 13.1. The van der Waals surface area contributed by atoms with Crippen LogP contribution in [0.5, 0.6) is 0 Å². The summed E-state index contributed by atoms with van der Waals surface area (Å²) < 4.78 is 8.19. The first-order valence-electron chi connectivity index (χ1n) is 7.42. The van der Waals surface area contributed by atoms with Crippen LogP contribution in [0.3, 0.4) is 0 Å². The molecule has 5 nitrogen and oxygen atoms in total. The van der Waals surface area contributed by atoms with Gasteiger partial charge in [0.25, 0.3) is 0 Å². The van der Waals surface area contributed by atoms with E-state index in [4.69, 9.17) is 4.74 Å². The van der Waals surface area contributed by atoms with E-state index in [2.05, 4.69) is 26.0 Å². The van der Waals surface area contributed by atoms with Gasteiger partial charge in [0.15, 0.2) is 11.3 Å². The maximum atomic E-state index is 12.3. The molecule has 0 bridgehead atoms. The fourth-order valence-corrected chi connectivity index (χ4v) is 3.20. The molecular weight excluding hydrogens is 334 g/mol. The number of fused-ring (bicyclic) bond motifs is 1. The summed E-state index contributed by atoms with van der Waals surface area (Å²) in [7, 11) is 0. The molecule has 1 unspecified atom stereocenters. The van der Waals surface area contributed by atoms with Crippen LogP contribution in [-0.4, -0.2) is 26.7 Å². The fourth-order valence-electron chi connectivity index (χ4n) is 2.91. The van der Waals surface area contributed by atoms with Gasteiger partial charge in [-0.25, -0.2) is 14.3 Å². The molecule has 0 spiro atoms. The van der Waals surface area contributed by atoms with Crippen LogP contribution in [0, 0.1) is 11.8 Å². The molecule has 1 atom stereocenters. The summed E-state index contributed by atoms with van der Waals surface area (Å²) in [6.45, 7) is 0. The Morgan fingerprint density at radius 2 is 2.10 bits per heavy atom. The van der Waals surface area contributed by atoms with Gasteiger partial charge in [0.05, 0.1) is 4.47 Å². The fraction of sp³-hybridized carbons (Fsp3) is 0.533. The highest BCUT2D eigenvalue weighted by molar-refractivity contribution is 9.10. The molecule has 2 fully saturated rings. The van der Waals surface area contributed by atoms with Gasteiger partial charge in [-0.15, -0.1) is 0 Å². The van der Waals surface area contributed by atoms with Crippen molar-refractivity contribution in [3.05, 3.63) is 28.6 Å². The average molecular weight is 350 g/mol. The lowest BCUT2D eigenvalue weighted by molar-refractivity contribution is -0.00987. The molecule has 6 heteroatoms. The van der Waals surface area contributed by atoms with Crippen molar-refractivity contribution in [3.8, 4) is 0 Å². The molecule has 2 heterocycles. The molecule has 0 aliphatic heterocycles. The first-order chi connectivity index (χ1) is 10.2. The third-order valence-electron chi connectivity index (χ3n) is 4.44. The van der Waals surface area contributed by atoms with Crippen LogP contribution in [0.4, 0.5) is 0 Å². The number of ether oxygens (including phenoxy) is 1. The predicted octanol–water partition coefficient (Wildman–Crippen LogP) is 3.23. The van der Waals surface area contributed by atoms with E-state index in [0.29, 0.717) is 23.2 Å². The molecule has 110 valence electrons. The molecular formula is C15H16BrN3O2. The Labute approximate surface area is 130 Å². The van der Waals surface area contributed by atoms with Gasteiger partial charge in [0, 0.05) is 18.5 Å². The van der Waals surface area contributed by atoms with Gasteiger partial charge in [-0.2, -0.15) is 5.10 Å². The maximum Gasteiger partial charge on any atom is 0.359 e. The number of carbonyl (C=O) groups is 1. The van der Waals surface area contributed by atoms with Crippen LogP contribution in [-0.2, 0) is 4.74 Å². The highest BCUT2D eigenvalue weighted by Crippen LogP contribution is 2.44. The van der Waals surface area contributed by atoms with Gasteiger partial charge in [-0.05, 0) is 53.4 Å². The van der Waals surface area contributed by atoms with E-state index in [1.54, 1.807) is 23.0 Å². The van der Waals surface area contributed by atoms with Crippen molar-refractivity contribution >= 4 is 27.5 Å². The van der Waals surface area contributed by atoms with E-state index in [1.807, 2.05) is 0 Å². The molecule has 2 aromatic rings. The molecule has 0 radical (unpaired) electrons. The normalized spacial score (nSPS) is 20.2. The summed E-state index contributed by atoms with van der Waals surface area (Å²) in [5, 5.41) is 4.26. The Kier molecular flexibility index (Phi) is 3.21. The van der Waals surface area contributed by atoms with Crippen molar-refractivity contribution in [2.75, 3.05) is 0 Å². The number of hydrogen-bond donors (Lipinski definition) is 0. The highest BCUT2D eigenvalue weighted by Gasteiger charge is 2.41. The van der Waals surface area contributed by atoms with Gasteiger partial charge >= 0.3 is 5.97 Å². The molecule has 4 rings (SSSR count). The van der Waals surface area contributed by atoms with Crippen molar-refractivity contribution in [2.45, 2.75) is 38.2 Å². The lowest BCUT2D eigenvalue weighted by atomic mass is 9.79. The molecule has 21 heavy (non-hydrogen) atoms. The topological polar surface area (TPSA) is 56.5 Å². The number of aromatic nitrogens is 3. The summed E-state index contributed by atoms with van der Waals surface area (Å²) in [6, 6.07) is 1.68. The second kappa shape index (κ2) is 5.09. The maximum absolute atomic E-state index is 12.3. The number of nitrogens with zero attached hydrogens (tertiary/aromatic N) is 3. The second-order valence-electron chi connectivity index (χ2n) is 6.00. The molecule has 0 amide bonds. The average Bonchev–Trinajstić information content (AvgIpc) is 3.15. The lowest BCUT2D eigenvalue weighted by Crippen LogP contribution is -2.33. The summed E-state index contributed by atoms with van der Waals surface area (Å²) >= 11 is 3.34. The van der Waals surface area contributed by atoms with Crippen molar-refractivity contribution in [3.63, 3.8) is 0 Å². The van der Waals surface area contributed by atoms with Crippen molar-refractivity contribution in [1.29, 1.82) is 0 Å². The van der Waals surface area contributed by atoms with Crippen LogP contribution in [0.25, 0.3) is 5.65 Å². The van der Waals surface area contributed by atoms with Gasteiger partial charge < -0.3 is 4.74 Å². The lowest BCUT2D eigenvalue weighted by Gasteiger charge is -2.33. The van der Waals surface area contributed by atoms with Gasteiger partial charge in [0.1, 0.15) is 6.10 Å². The Balaban J connectivity index is 1.54. The summed E-state index contributed by atoms with van der Waals surface area (Å²) in [4.78, 5) is 16.6. The Bertz CT molecular complexity index is 691. The van der Waals surface area contributed by atoms with Gasteiger partial charge in [0.2, 0.25) is 0 Å². The van der Waals surface area contributed by atoms with Crippen LogP contribution in [0.1, 0.15) is 42.6 Å². The molecule has 2 aromatic heterocycles. The Morgan fingerprint density at radius 1 is 1.33 bits per heavy atom. The van der Waals surface area contributed by atoms with E-state index in [9.17, 15) is 4.79 Å². The van der Waals surface area contributed by atoms with Gasteiger partial charge in [-0.3, -0.25) is 0 Å². The minimum Gasteiger partial charge on any atom is -0.457 e. The number of rotatable bonds is 4. The quantitative estimate of drug-likeness (QED) is 0.795. The zero-order chi connectivity index (χ0) is 14.4. The number of carbonyl (C=O) groups excluding carboxylic acids is 1. The molecule has 0 N–H and O–H groups in total. The van der Waals surface area contributed by atoms with Crippen LogP contribution in [0.2, 0.25) is 0 Å². The van der Waals surface area contributed by atoms with Crippen LogP contribution >= 0.6 is 15.9 Å². The van der Waals surface area contributed by atoms with Gasteiger partial charge in [-0.1, -0.05) is 6.42 Å². The number of hydrogen-bond acceptors (Lipinski definition) is 4. The first-order valence-corrected chi connectivity index (χ1v) is 8.22. The number of halogens is 1. The highest BCUT2D eigenvalue weighted by atomic mass is 79.9. The monoisotopic (exact) mass is 349 g/mol. The first kappa shape index (κ1) is 13.2. The number of esters is 1. The van der Waals surface area contributed by atoms with E-state index < -0.39 is 0 Å². The second-order valence-corrected chi connectivity index (χ2v) is 6.92. The molecule has 2 aliphatic carbocycles. The molecule has 0 saturated heterocycles. The Hall–Kier alpha value is -1.43. The van der Waals surface area contributed by atoms with E-state index in [1.165, 1.54) is 32.1 Å².